The topological polar surface area (TPSA) is 46.2 Å². The van der Waals surface area contributed by atoms with E-state index in [4.69, 9.17) is 0 Å². The van der Waals surface area contributed by atoms with Crippen molar-refractivity contribution >= 4 is 10.0 Å². The van der Waals surface area contributed by atoms with Crippen molar-refractivity contribution in [2.75, 3.05) is 0 Å². The van der Waals surface area contributed by atoms with Crippen molar-refractivity contribution in [3.63, 3.8) is 0 Å². The van der Waals surface area contributed by atoms with Gasteiger partial charge in [0.15, 0.2) is 0 Å². The van der Waals surface area contributed by atoms with Crippen LogP contribution < -0.4 is 4.72 Å². The normalized spacial score (nSPS) is 13.2. The van der Waals surface area contributed by atoms with E-state index in [1.165, 1.54) is 12.1 Å². The van der Waals surface area contributed by atoms with Gasteiger partial charge in [-0.15, -0.1) is 0 Å². The molecule has 0 unspecified atom stereocenters. The van der Waals surface area contributed by atoms with Crippen LogP contribution in [0, 0.1) is 5.82 Å². The minimum atomic E-state index is -3.90. The fourth-order valence-electron chi connectivity index (χ4n) is 4.04. The SMILES string of the molecule is CC(C)c1cc(C(C)C)c(S(=O)(=O)N[C@H](c2ccccc2)c2ccc(F)cc2)c(C(C)C)c1. The van der Waals surface area contributed by atoms with Gasteiger partial charge in [-0.3, -0.25) is 0 Å². The van der Waals surface area contributed by atoms with Gasteiger partial charge in [-0.05, 0) is 57.7 Å². The molecule has 0 fully saturated rings. The first-order valence-corrected chi connectivity index (χ1v) is 13.0. The van der Waals surface area contributed by atoms with Crippen LogP contribution in [0.4, 0.5) is 4.39 Å². The first-order chi connectivity index (χ1) is 15.5. The standard InChI is InChI=1S/C28H34FNO2S/c1-18(2)23-16-25(19(3)4)28(26(17-23)20(5)6)33(31,32)30-27(21-10-8-7-9-11-21)22-12-14-24(29)15-13-22/h7-20,27,30H,1-6H3/t27-/m1/s1. The molecule has 0 spiro atoms. The summed E-state index contributed by atoms with van der Waals surface area (Å²) in [5.41, 5.74) is 4.26. The van der Waals surface area contributed by atoms with Crippen LogP contribution in [-0.4, -0.2) is 8.42 Å². The van der Waals surface area contributed by atoms with Crippen molar-refractivity contribution in [3.05, 3.63) is 100 Å². The largest absolute Gasteiger partial charge is 0.242 e. The Balaban J connectivity index is 2.20. The lowest BCUT2D eigenvalue weighted by atomic mass is 9.89. The van der Waals surface area contributed by atoms with Crippen molar-refractivity contribution in [3.8, 4) is 0 Å². The lowest BCUT2D eigenvalue weighted by Gasteiger charge is -2.26. The molecule has 0 saturated heterocycles. The summed E-state index contributed by atoms with van der Waals surface area (Å²) in [6, 6.07) is 18.8. The zero-order chi connectivity index (χ0) is 24.3. The fourth-order valence-corrected chi connectivity index (χ4v) is 5.95. The third-order valence-corrected chi connectivity index (χ3v) is 7.51. The van der Waals surface area contributed by atoms with E-state index < -0.39 is 16.1 Å². The lowest BCUT2D eigenvalue weighted by molar-refractivity contribution is 0.566. The average Bonchev–Trinajstić information content (AvgIpc) is 2.77. The number of hydrogen-bond acceptors (Lipinski definition) is 2. The number of hydrogen-bond donors (Lipinski definition) is 1. The Bertz CT molecular complexity index is 1160. The van der Waals surface area contributed by atoms with Gasteiger partial charge in [-0.2, -0.15) is 4.72 Å². The summed E-state index contributed by atoms with van der Waals surface area (Å²) < 4.78 is 44.6. The Morgan fingerprint density at radius 2 is 1.15 bits per heavy atom. The summed E-state index contributed by atoms with van der Waals surface area (Å²) >= 11 is 0. The van der Waals surface area contributed by atoms with E-state index in [0.29, 0.717) is 16.4 Å². The van der Waals surface area contributed by atoms with Gasteiger partial charge in [-0.1, -0.05) is 96.1 Å². The number of sulfonamides is 1. The molecular weight excluding hydrogens is 433 g/mol. The third kappa shape index (κ3) is 5.71. The quantitative estimate of drug-likeness (QED) is 0.379. The van der Waals surface area contributed by atoms with E-state index in [0.717, 1.165) is 22.3 Å². The van der Waals surface area contributed by atoms with Crippen LogP contribution in [0.15, 0.2) is 71.6 Å². The molecule has 33 heavy (non-hydrogen) atoms. The van der Waals surface area contributed by atoms with Crippen molar-refractivity contribution in [2.45, 2.75) is 70.2 Å². The molecule has 3 rings (SSSR count). The Morgan fingerprint density at radius 3 is 1.61 bits per heavy atom. The average molecular weight is 468 g/mol. The van der Waals surface area contributed by atoms with Crippen LogP contribution in [0.5, 0.6) is 0 Å². The van der Waals surface area contributed by atoms with Crippen LogP contribution in [-0.2, 0) is 10.0 Å². The Hall–Kier alpha value is -2.50. The molecule has 1 N–H and O–H groups in total. The molecule has 0 aliphatic rings. The molecule has 0 aliphatic carbocycles. The molecule has 3 aromatic rings. The van der Waals surface area contributed by atoms with E-state index in [-0.39, 0.29) is 17.7 Å². The maximum atomic E-state index is 14.0. The summed E-state index contributed by atoms with van der Waals surface area (Å²) in [5.74, 6) is 0.00502. The second-order valence-electron chi connectivity index (χ2n) is 9.51. The predicted molar refractivity (Wildman–Crippen MR) is 134 cm³/mol. The molecule has 0 aliphatic heterocycles. The summed E-state index contributed by atoms with van der Waals surface area (Å²) in [6.45, 7) is 12.3. The number of rotatable bonds is 8. The Morgan fingerprint density at radius 1 is 0.667 bits per heavy atom. The van der Waals surface area contributed by atoms with Crippen LogP contribution in [0.25, 0.3) is 0 Å². The smallest absolute Gasteiger partial charge is 0.207 e. The van der Waals surface area contributed by atoms with Gasteiger partial charge in [0.1, 0.15) is 5.82 Å². The Labute approximate surface area is 198 Å². The molecule has 0 bridgehead atoms. The van der Waals surface area contributed by atoms with E-state index >= 15 is 0 Å². The number of halogens is 1. The van der Waals surface area contributed by atoms with E-state index in [1.807, 2.05) is 70.2 Å². The van der Waals surface area contributed by atoms with Gasteiger partial charge in [0.2, 0.25) is 10.0 Å². The van der Waals surface area contributed by atoms with Gasteiger partial charge < -0.3 is 0 Å². The van der Waals surface area contributed by atoms with Crippen molar-refractivity contribution < 1.29 is 12.8 Å². The highest BCUT2D eigenvalue weighted by molar-refractivity contribution is 7.89. The highest BCUT2D eigenvalue weighted by atomic mass is 32.2. The van der Waals surface area contributed by atoms with Gasteiger partial charge in [0.25, 0.3) is 0 Å². The molecule has 0 saturated carbocycles. The summed E-state index contributed by atoms with van der Waals surface area (Å²) in [4.78, 5) is 0.361. The molecule has 5 heteroatoms. The molecule has 0 amide bonds. The first-order valence-electron chi connectivity index (χ1n) is 11.5. The van der Waals surface area contributed by atoms with E-state index in [1.54, 1.807) is 12.1 Å². The molecular formula is C28H34FNO2S. The third-order valence-electron chi connectivity index (χ3n) is 5.96. The molecule has 0 radical (unpaired) electrons. The molecule has 3 aromatic carbocycles. The molecule has 0 aromatic heterocycles. The highest BCUT2D eigenvalue weighted by Crippen LogP contribution is 2.36. The van der Waals surface area contributed by atoms with E-state index in [9.17, 15) is 12.8 Å². The molecule has 0 heterocycles. The lowest BCUT2D eigenvalue weighted by Crippen LogP contribution is -2.31. The summed E-state index contributed by atoms with van der Waals surface area (Å²) in [7, 11) is -3.90. The molecule has 1 atom stereocenters. The zero-order valence-electron chi connectivity index (χ0n) is 20.3. The maximum absolute atomic E-state index is 14.0. The fraction of sp³-hybridized carbons (Fsp3) is 0.357. The van der Waals surface area contributed by atoms with Gasteiger partial charge in [0.05, 0.1) is 10.9 Å². The van der Waals surface area contributed by atoms with Crippen molar-refractivity contribution in [2.24, 2.45) is 0 Å². The molecule has 3 nitrogen and oxygen atoms in total. The second-order valence-corrected chi connectivity index (χ2v) is 11.2. The zero-order valence-corrected chi connectivity index (χ0v) is 21.1. The maximum Gasteiger partial charge on any atom is 0.242 e. The Kier molecular flexibility index (Phi) is 7.76. The predicted octanol–water partition coefficient (Wildman–Crippen LogP) is 7.26. The van der Waals surface area contributed by atoms with Crippen LogP contribution in [0.1, 0.15) is 93.2 Å². The van der Waals surface area contributed by atoms with Crippen LogP contribution >= 0.6 is 0 Å². The van der Waals surface area contributed by atoms with Gasteiger partial charge in [0, 0.05) is 0 Å². The minimum Gasteiger partial charge on any atom is -0.207 e. The number of benzene rings is 3. The summed E-state index contributed by atoms with van der Waals surface area (Å²) in [5, 5.41) is 0. The first kappa shape index (κ1) is 25.1. The van der Waals surface area contributed by atoms with Crippen molar-refractivity contribution in [1.29, 1.82) is 0 Å². The van der Waals surface area contributed by atoms with Gasteiger partial charge in [-0.25, -0.2) is 12.8 Å². The van der Waals surface area contributed by atoms with Crippen LogP contribution in [0.3, 0.4) is 0 Å². The number of nitrogens with one attached hydrogen (secondary N) is 1. The minimum absolute atomic E-state index is 0.0359. The van der Waals surface area contributed by atoms with E-state index in [2.05, 4.69) is 18.6 Å². The molecule has 176 valence electrons. The summed E-state index contributed by atoms with van der Waals surface area (Å²) in [6.07, 6.45) is 0. The van der Waals surface area contributed by atoms with Crippen molar-refractivity contribution in [1.82, 2.24) is 4.72 Å². The second kappa shape index (κ2) is 10.2. The van der Waals surface area contributed by atoms with Crippen LogP contribution in [0.2, 0.25) is 0 Å². The monoisotopic (exact) mass is 467 g/mol. The van der Waals surface area contributed by atoms with Gasteiger partial charge >= 0.3 is 0 Å². The highest BCUT2D eigenvalue weighted by Gasteiger charge is 2.30.